The van der Waals surface area contributed by atoms with Crippen molar-refractivity contribution in [3.63, 3.8) is 0 Å². The number of hydrogen-bond acceptors (Lipinski definition) is 3. The zero-order valence-electron chi connectivity index (χ0n) is 19.9. The number of halogens is 1. The molecule has 9 nitrogen and oxygen atoms in total. The second kappa shape index (κ2) is 9.21. The van der Waals surface area contributed by atoms with Gasteiger partial charge in [-0.2, -0.15) is 0 Å². The summed E-state index contributed by atoms with van der Waals surface area (Å²) in [5, 5.41) is 6.18. The lowest BCUT2D eigenvalue weighted by Crippen LogP contribution is -2.56. The summed E-state index contributed by atoms with van der Waals surface area (Å²) in [5.74, 6) is -0.121. The van der Waals surface area contributed by atoms with Gasteiger partial charge in [0.05, 0.1) is 6.20 Å². The lowest BCUT2D eigenvalue weighted by molar-refractivity contribution is -0.137. The van der Waals surface area contributed by atoms with Gasteiger partial charge in [0.2, 0.25) is 5.91 Å². The van der Waals surface area contributed by atoms with Gasteiger partial charge in [-0.25, -0.2) is 9.59 Å². The number of nitrogens with one attached hydrogen (secondary N) is 3. The first-order valence-electron chi connectivity index (χ1n) is 11.4. The van der Waals surface area contributed by atoms with Crippen LogP contribution in [0.5, 0.6) is 0 Å². The van der Waals surface area contributed by atoms with E-state index in [0.29, 0.717) is 36.6 Å². The lowest BCUT2D eigenvalue weighted by Gasteiger charge is -2.38. The molecule has 0 unspecified atom stereocenters. The summed E-state index contributed by atoms with van der Waals surface area (Å²) >= 11 is 5.90. The average Bonchev–Trinajstić information content (AvgIpc) is 3.29. The smallest absolute Gasteiger partial charge is 0.334 e. The number of imidazole rings is 2. The minimum atomic E-state index is -0.699. The summed E-state index contributed by atoms with van der Waals surface area (Å²) in [6, 6.07) is 5.66. The van der Waals surface area contributed by atoms with Crippen molar-refractivity contribution < 1.29 is 9.59 Å². The quantitative estimate of drug-likeness (QED) is 0.522. The highest BCUT2D eigenvalue weighted by molar-refractivity contribution is 6.30. The Hall–Kier alpha value is -3.20. The van der Waals surface area contributed by atoms with E-state index in [1.807, 2.05) is 33.9 Å². The molecular weight excluding hydrogens is 456 g/mol. The summed E-state index contributed by atoms with van der Waals surface area (Å²) in [7, 11) is 0. The van der Waals surface area contributed by atoms with Crippen LogP contribution in [0.1, 0.15) is 45.3 Å². The van der Waals surface area contributed by atoms with E-state index in [1.54, 1.807) is 44.3 Å². The molecule has 1 aromatic carbocycles. The zero-order chi connectivity index (χ0) is 24.6. The number of aryl methyl sites for hydroxylation is 1. The molecule has 10 heteroatoms. The molecule has 1 fully saturated rings. The Balaban J connectivity index is 1.40. The molecule has 3 heterocycles. The van der Waals surface area contributed by atoms with Gasteiger partial charge < -0.3 is 20.5 Å². The third-order valence-corrected chi connectivity index (χ3v) is 6.51. The van der Waals surface area contributed by atoms with Crippen molar-refractivity contribution in [2.75, 3.05) is 18.4 Å². The van der Waals surface area contributed by atoms with E-state index >= 15 is 0 Å². The molecule has 3 aromatic rings. The molecule has 1 aliphatic rings. The maximum Gasteiger partial charge on any atom is 0.334 e. The van der Waals surface area contributed by atoms with Crippen LogP contribution in [0.4, 0.5) is 10.5 Å². The molecule has 1 saturated heterocycles. The van der Waals surface area contributed by atoms with E-state index in [-0.39, 0.29) is 17.6 Å². The normalized spacial score (nSPS) is 16.0. The number of urea groups is 1. The van der Waals surface area contributed by atoms with Crippen molar-refractivity contribution in [2.24, 2.45) is 5.41 Å². The van der Waals surface area contributed by atoms with Crippen LogP contribution in [-0.2, 0) is 4.79 Å². The van der Waals surface area contributed by atoms with Crippen molar-refractivity contribution in [1.82, 2.24) is 24.2 Å². The second-order valence-corrected chi connectivity index (χ2v) is 10.4. The molecule has 0 radical (unpaired) electrons. The van der Waals surface area contributed by atoms with E-state index in [0.717, 1.165) is 11.3 Å². The molecule has 34 heavy (non-hydrogen) atoms. The number of benzene rings is 1. The summed E-state index contributed by atoms with van der Waals surface area (Å²) in [6.07, 6.45) is 4.98. The molecule has 182 valence electrons. The average molecular weight is 487 g/mol. The van der Waals surface area contributed by atoms with Gasteiger partial charge in [-0.1, -0.05) is 32.4 Å². The predicted molar refractivity (Wildman–Crippen MR) is 132 cm³/mol. The number of carbonyl (C=O) groups excluding carboxylic acids is 2. The standard InChI is InChI=1S/C24H31ClN6O3/c1-15-13-31-19(26-15)14-30(23(31)34)18-9-11-29(12-10-18)21(32)20(24(2,3)4)28-22(33)27-17-7-5-16(25)6-8-17/h5-8,13-14,18,20,26H,9-12H2,1-4H3,(H2,27,28,33)/t20-/m0/s1. The molecule has 0 saturated carbocycles. The molecule has 0 spiro atoms. The Morgan fingerprint density at radius 1 is 1.12 bits per heavy atom. The maximum atomic E-state index is 13.4. The molecule has 3 amide bonds. The SMILES string of the molecule is Cc1cn2c(=O)n(C3CCN(C(=O)[C@H](NC(=O)Nc4ccc(Cl)cc4)C(C)(C)C)CC3)cc2[nH]1. The largest absolute Gasteiger partial charge is 0.342 e. The van der Waals surface area contributed by atoms with Crippen molar-refractivity contribution in [3.05, 3.63) is 57.9 Å². The summed E-state index contributed by atoms with van der Waals surface area (Å²) < 4.78 is 3.37. The number of carbonyl (C=O) groups is 2. The monoisotopic (exact) mass is 486 g/mol. The predicted octanol–water partition coefficient (Wildman–Crippen LogP) is 3.79. The number of likely N-dealkylation sites (tertiary alicyclic amines) is 1. The molecule has 3 N–H and O–H groups in total. The van der Waals surface area contributed by atoms with Crippen LogP contribution < -0.4 is 16.3 Å². The number of piperidine rings is 1. The van der Waals surface area contributed by atoms with E-state index in [4.69, 9.17) is 11.6 Å². The number of anilines is 1. The number of aromatic nitrogens is 3. The van der Waals surface area contributed by atoms with E-state index in [9.17, 15) is 14.4 Å². The van der Waals surface area contributed by atoms with Crippen LogP contribution in [0.2, 0.25) is 5.02 Å². The first-order valence-corrected chi connectivity index (χ1v) is 11.8. The number of H-pyrrole nitrogens is 1. The van der Waals surface area contributed by atoms with Crippen molar-refractivity contribution in [3.8, 4) is 0 Å². The van der Waals surface area contributed by atoms with Gasteiger partial charge >= 0.3 is 11.7 Å². The van der Waals surface area contributed by atoms with Gasteiger partial charge in [-0.3, -0.25) is 13.8 Å². The zero-order valence-corrected chi connectivity index (χ0v) is 20.6. The fourth-order valence-corrected chi connectivity index (χ4v) is 4.54. The Kier molecular flexibility index (Phi) is 6.49. The first-order chi connectivity index (χ1) is 16.0. The fourth-order valence-electron chi connectivity index (χ4n) is 4.41. The summed E-state index contributed by atoms with van der Waals surface area (Å²) in [6.45, 7) is 8.73. The highest BCUT2D eigenvalue weighted by Gasteiger charge is 2.37. The Morgan fingerprint density at radius 2 is 1.76 bits per heavy atom. The lowest BCUT2D eigenvalue weighted by atomic mass is 9.85. The van der Waals surface area contributed by atoms with Crippen LogP contribution in [0.15, 0.2) is 41.5 Å². The van der Waals surface area contributed by atoms with Crippen molar-refractivity contribution in [1.29, 1.82) is 0 Å². The van der Waals surface area contributed by atoms with Crippen LogP contribution >= 0.6 is 11.6 Å². The number of nitrogens with zero attached hydrogens (tertiary/aromatic N) is 3. The number of aromatic amines is 1. The number of hydrogen-bond donors (Lipinski definition) is 3. The number of fused-ring (bicyclic) bond motifs is 1. The topological polar surface area (TPSA) is 104 Å². The van der Waals surface area contributed by atoms with Crippen LogP contribution in [0, 0.1) is 12.3 Å². The van der Waals surface area contributed by atoms with Crippen LogP contribution in [0.3, 0.4) is 0 Å². The van der Waals surface area contributed by atoms with Crippen LogP contribution in [-0.4, -0.2) is 49.9 Å². The summed E-state index contributed by atoms with van der Waals surface area (Å²) in [4.78, 5) is 43.8. The van der Waals surface area contributed by atoms with Crippen LogP contribution in [0.25, 0.3) is 5.65 Å². The van der Waals surface area contributed by atoms with E-state index in [2.05, 4.69) is 15.6 Å². The third kappa shape index (κ3) is 4.99. The fraction of sp³-hybridized carbons (Fsp3) is 0.458. The highest BCUT2D eigenvalue weighted by Crippen LogP contribution is 2.26. The molecule has 2 aromatic heterocycles. The van der Waals surface area contributed by atoms with E-state index in [1.165, 1.54) is 0 Å². The second-order valence-electron chi connectivity index (χ2n) is 9.97. The highest BCUT2D eigenvalue weighted by atomic mass is 35.5. The molecule has 0 bridgehead atoms. The van der Waals surface area contributed by atoms with E-state index < -0.39 is 17.5 Å². The van der Waals surface area contributed by atoms with Crippen molar-refractivity contribution in [2.45, 2.75) is 52.6 Å². The number of amides is 3. The molecule has 1 atom stereocenters. The van der Waals surface area contributed by atoms with Gasteiger partial charge in [-0.05, 0) is 49.4 Å². The Morgan fingerprint density at radius 3 is 2.35 bits per heavy atom. The Bertz CT molecular complexity index is 1240. The van der Waals surface area contributed by atoms with Crippen molar-refractivity contribution >= 4 is 34.9 Å². The molecule has 1 aliphatic heterocycles. The number of rotatable bonds is 4. The minimum absolute atomic E-state index is 0.0272. The maximum absolute atomic E-state index is 13.4. The molecular formula is C24H31ClN6O3. The van der Waals surface area contributed by atoms with Gasteiger partial charge in [0.25, 0.3) is 0 Å². The van der Waals surface area contributed by atoms with Gasteiger partial charge in [0.1, 0.15) is 11.7 Å². The summed E-state index contributed by atoms with van der Waals surface area (Å²) in [5.41, 5.74) is 1.73. The van der Waals surface area contributed by atoms with Gasteiger partial charge in [0.15, 0.2) is 0 Å². The van der Waals surface area contributed by atoms with Gasteiger partial charge in [0, 0.05) is 41.7 Å². The Labute approximate surface area is 203 Å². The molecule has 4 rings (SSSR count). The first kappa shape index (κ1) is 23.9. The third-order valence-electron chi connectivity index (χ3n) is 6.26. The van der Waals surface area contributed by atoms with Gasteiger partial charge in [-0.15, -0.1) is 0 Å². The minimum Gasteiger partial charge on any atom is -0.342 e. The molecule has 0 aliphatic carbocycles.